The van der Waals surface area contributed by atoms with Crippen molar-refractivity contribution in [2.45, 2.75) is 33.6 Å². The van der Waals surface area contributed by atoms with Crippen LogP contribution in [-0.4, -0.2) is 12.5 Å². The molecule has 2 aromatic carbocycles. The number of rotatable bonds is 5. The third-order valence-corrected chi connectivity index (χ3v) is 4.10. The summed E-state index contributed by atoms with van der Waals surface area (Å²) in [6.07, 6.45) is 0. The van der Waals surface area contributed by atoms with E-state index < -0.39 is 0 Å². The van der Waals surface area contributed by atoms with Gasteiger partial charge >= 0.3 is 0 Å². The summed E-state index contributed by atoms with van der Waals surface area (Å²) in [5.74, 6) is 0.953. The lowest BCUT2D eigenvalue weighted by Gasteiger charge is -2.13. The van der Waals surface area contributed by atoms with Crippen LogP contribution in [0.2, 0.25) is 5.02 Å². The van der Waals surface area contributed by atoms with Crippen LogP contribution in [0, 0.1) is 13.8 Å². The molecule has 0 bridgehead atoms. The predicted molar refractivity (Wildman–Crippen MR) is 95.6 cm³/mol. The number of anilines is 1. The van der Waals surface area contributed by atoms with Crippen LogP contribution in [0.4, 0.5) is 5.69 Å². The molecule has 4 heteroatoms. The van der Waals surface area contributed by atoms with E-state index in [0.29, 0.717) is 16.6 Å². The first-order valence-electron chi connectivity index (χ1n) is 7.66. The van der Waals surface area contributed by atoms with E-state index in [-0.39, 0.29) is 12.5 Å². The molecule has 23 heavy (non-hydrogen) atoms. The number of amides is 1. The zero-order chi connectivity index (χ0) is 17.0. The van der Waals surface area contributed by atoms with Gasteiger partial charge in [-0.3, -0.25) is 4.79 Å². The Morgan fingerprint density at radius 2 is 1.83 bits per heavy atom. The van der Waals surface area contributed by atoms with Gasteiger partial charge in [-0.25, -0.2) is 0 Å². The predicted octanol–water partition coefficient (Wildman–Crippen LogP) is 5.10. The summed E-state index contributed by atoms with van der Waals surface area (Å²) in [6, 6.07) is 11.5. The van der Waals surface area contributed by atoms with Crippen molar-refractivity contribution in [3.8, 4) is 5.75 Å². The number of carbonyl (C=O) groups excluding carboxylic acids is 1. The van der Waals surface area contributed by atoms with Crippen LogP contribution in [0.1, 0.15) is 36.5 Å². The Bertz CT molecular complexity index is 711. The van der Waals surface area contributed by atoms with Gasteiger partial charge in [-0.05, 0) is 54.7 Å². The Morgan fingerprint density at radius 1 is 1.13 bits per heavy atom. The largest absolute Gasteiger partial charge is 0.483 e. The van der Waals surface area contributed by atoms with E-state index in [0.717, 1.165) is 16.9 Å². The standard InChI is InChI=1S/C19H22ClNO2/c1-12(2)15-7-5-14(4)18(9-15)23-11-19(22)21-16-8-6-13(3)17(20)10-16/h5-10,12H,11H2,1-4H3,(H,21,22). The van der Waals surface area contributed by atoms with E-state index in [9.17, 15) is 4.79 Å². The van der Waals surface area contributed by atoms with E-state index in [1.54, 1.807) is 6.07 Å². The second kappa shape index (κ2) is 7.51. The number of ether oxygens (including phenoxy) is 1. The highest BCUT2D eigenvalue weighted by molar-refractivity contribution is 6.31. The lowest BCUT2D eigenvalue weighted by atomic mass is 10.0. The molecule has 0 fully saturated rings. The summed E-state index contributed by atoms with van der Waals surface area (Å²) in [4.78, 5) is 12.0. The fraction of sp³-hybridized carbons (Fsp3) is 0.316. The Balaban J connectivity index is 1.99. The first kappa shape index (κ1) is 17.4. The molecule has 2 rings (SSSR count). The molecule has 0 spiro atoms. The van der Waals surface area contributed by atoms with Gasteiger partial charge in [0.15, 0.2) is 6.61 Å². The van der Waals surface area contributed by atoms with Crippen LogP contribution in [0.15, 0.2) is 36.4 Å². The zero-order valence-corrected chi connectivity index (χ0v) is 14.7. The fourth-order valence-electron chi connectivity index (χ4n) is 2.14. The van der Waals surface area contributed by atoms with Crippen molar-refractivity contribution < 1.29 is 9.53 Å². The number of aryl methyl sites for hydroxylation is 2. The van der Waals surface area contributed by atoms with Gasteiger partial charge in [0.2, 0.25) is 0 Å². The molecule has 0 unspecified atom stereocenters. The lowest BCUT2D eigenvalue weighted by molar-refractivity contribution is -0.118. The number of halogens is 1. The molecule has 0 aliphatic carbocycles. The van der Waals surface area contributed by atoms with E-state index in [4.69, 9.17) is 16.3 Å². The second-order valence-electron chi connectivity index (χ2n) is 5.98. The van der Waals surface area contributed by atoms with Crippen molar-refractivity contribution in [2.24, 2.45) is 0 Å². The quantitative estimate of drug-likeness (QED) is 0.828. The molecular formula is C19H22ClNO2. The summed E-state index contributed by atoms with van der Waals surface area (Å²) in [7, 11) is 0. The van der Waals surface area contributed by atoms with Gasteiger partial charge in [0.25, 0.3) is 5.91 Å². The highest BCUT2D eigenvalue weighted by Gasteiger charge is 2.08. The minimum absolute atomic E-state index is 0.0338. The molecule has 0 saturated carbocycles. The van der Waals surface area contributed by atoms with E-state index >= 15 is 0 Å². The fourth-order valence-corrected chi connectivity index (χ4v) is 2.32. The number of hydrogen-bond donors (Lipinski definition) is 1. The smallest absolute Gasteiger partial charge is 0.262 e. The summed E-state index contributed by atoms with van der Waals surface area (Å²) < 4.78 is 5.67. The minimum Gasteiger partial charge on any atom is -0.483 e. The normalized spacial score (nSPS) is 10.7. The van der Waals surface area contributed by atoms with Gasteiger partial charge < -0.3 is 10.1 Å². The molecule has 122 valence electrons. The second-order valence-corrected chi connectivity index (χ2v) is 6.39. The maximum Gasteiger partial charge on any atom is 0.262 e. The van der Waals surface area contributed by atoms with Crippen molar-refractivity contribution in [1.29, 1.82) is 0 Å². The molecule has 2 aromatic rings. The highest BCUT2D eigenvalue weighted by Crippen LogP contribution is 2.24. The number of nitrogens with one attached hydrogen (secondary N) is 1. The summed E-state index contributed by atoms with van der Waals surface area (Å²) >= 11 is 6.06. The lowest BCUT2D eigenvalue weighted by Crippen LogP contribution is -2.20. The van der Waals surface area contributed by atoms with Gasteiger partial charge in [-0.15, -0.1) is 0 Å². The Morgan fingerprint density at radius 3 is 2.48 bits per heavy atom. The van der Waals surface area contributed by atoms with Crippen molar-refractivity contribution in [3.05, 3.63) is 58.1 Å². The molecule has 0 aliphatic heterocycles. The van der Waals surface area contributed by atoms with Crippen molar-refractivity contribution in [2.75, 3.05) is 11.9 Å². The molecule has 0 atom stereocenters. The average molecular weight is 332 g/mol. The molecule has 0 heterocycles. The SMILES string of the molecule is Cc1ccc(NC(=O)COc2cc(C(C)C)ccc2C)cc1Cl. The zero-order valence-electron chi connectivity index (χ0n) is 13.9. The summed E-state index contributed by atoms with van der Waals surface area (Å²) in [5, 5.41) is 3.42. The van der Waals surface area contributed by atoms with Crippen LogP contribution >= 0.6 is 11.6 Å². The van der Waals surface area contributed by atoms with E-state index in [2.05, 4.69) is 25.2 Å². The van der Waals surface area contributed by atoms with Crippen molar-refractivity contribution in [1.82, 2.24) is 0 Å². The first-order chi connectivity index (χ1) is 10.9. The highest BCUT2D eigenvalue weighted by atomic mass is 35.5. The molecule has 1 amide bonds. The molecular weight excluding hydrogens is 310 g/mol. The molecule has 0 aromatic heterocycles. The molecule has 1 N–H and O–H groups in total. The van der Waals surface area contributed by atoms with Crippen molar-refractivity contribution in [3.63, 3.8) is 0 Å². The monoisotopic (exact) mass is 331 g/mol. The van der Waals surface area contributed by atoms with Crippen LogP contribution in [-0.2, 0) is 4.79 Å². The Labute approximate surface area is 142 Å². The Hall–Kier alpha value is -2.00. The Kier molecular flexibility index (Phi) is 5.67. The number of carbonyl (C=O) groups is 1. The first-order valence-corrected chi connectivity index (χ1v) is 8.04. The molecule has 0 radical (unpaired) electrons. The third kappa shape index (κ3) is 4.73. The molecule has 0 saturated heterocycles. The van der Waals surface area contributed by atoms with Gasteiger partial charge in [0.1, 0.15) is 5.75 Å². The minimum atomic E-state index is -0.209. The van der Waals surface area contributed by atoms with Gasteiger partial charge in [0.05, 0.1) is 0 Å². The summed E-state index contributed by atoms with van der Waals surface area (Å²) in [5.41, 5.74) is 3.85. The van der Waals surface area contributed by atoms with Crippen LogP contribution < -0.4 is 10.1 Å². The molecule has 0 aliphatic rings. The van der Waals surface area contributed by atoms with E-state index in [1.165, 1.54) is 5.56 Å². The number of benzene rings is 2. The van der Waals surface area contributed by atoms with Crippen LogP contribution in [0.5, 0.6) is 5.75 Å². The van der Waals surface area contributed by atoms with E-state index in [1.807, 2.05) is 38.1 Å². The maximum absolute atomic E-state index is 12.0. The van der Waals surface area contributed by atoms with Crippen LogP contribution in [0.3, 0.4) is 0 Å². The van der Waals surface area contributed by atoms with Gasteiger partial charge in [0, 0.05) is 10.7 Å². The van der Waals surface area contributed by atoms with Gasteiger partial charge in [-0.1, -0.05) is 43.6 Å². The maximum atomic E-state index is 12.0. The van der Waals surface area contributed by atoms with Crippen LogP contribution in [0.25, 0.3) is 0 Å². The topological polar surface area (TPSA) is 38.3 Å². The molecule has 3 nitrogen and oxygen atoms in total. The number of hydrogen-bond acceptors (Lipinski definition) is 2. The van der Waals surface area contributed by atoms with Gasteiger partial charge in [-0.2, -0.15) is 0 Å². The average Bonchev–Trinajstić information content (AvgIpc) is 2.50. The third-order valence-electron chi connectivity index (χ3n) is 3.69. The summed E-state index contributed by atoms with van der Waals surface area (Å²) in [6.45, 7) is 8.11. The van der Waals surface area contributed by atoms with Crippen molar-refractivity contribution >= 4 is 23.2 Å².